The molecule has 2 aromatic carbocycles. The second-order valence-corrected chi connectivity index (χ2v) is 6.99. The molecule has 0 spiro atoms. The first kappa shape index (κ1) is 18.1. The maximum Gasteiger partial charge on any atom is 0.336 e. The van der Waals surface area contributed by atoms with Crippen LogP contribution in [0.25, 0.3) is 28.0 Å². The standard InChI is InChI=1S/C25H20N4O/c1-2-28-23-22(20-16-10-5-11-17-21(20)27-23)24(26-18-12-6-3-7-13-18)29(25(28)30)19-14-8-4-9-15-19/h3-17H,2H2,1H3. The fraction of sp³-hybridized carbons (Fsp3) is 0.0800. The van der Waals surface area contributed by atoms with Gasteiger partial charge in [0.1, 0.15) is 5.65 Å². The van der Waals surface area contributed by atoms with E-state index in [-0.39, 0.29) is 5.69 Å². The molecule has 2 aliphatic rings. The van der Waals surface area contributed by atoms with Crippen LogP contribution in [0.1, 0.15) is 6.92 Å². The fourth-order valence-corrected chi connectivity index (χ4v) is 3.79. The Labute approximate surface area is 173 Å². The van der Waals surface area contributed by atoms with Gasteiger partial charge in [0.05, 0.1) is 22.5 Å². The molecular weight excluding hydrogens is 372 g/mol. The maximum atomic E-state index is 13.6. The zero-order chi connectivity index (χ0) is 20.5. The minimum Gasteiger partial charge on any atom is -0.277 e. The third-order valence-electron chi connectivity index (χ3n) is 5.17. The minimum atomic E-state index is -0.155. The Morgan fingerprint density at radius 2 is 1.47 bits per heavy atom. The number of aromatic nitrogens is 3. The molecule has 146 valence electrons. The molecule has 0 atom stereocenters. The van der Waals surface area contributed by atoms with E-state index in [0.29, 0.717) is 17.7 Å². The fourth-order valence-electron chi connectivity index (χ4n) is 3.79. The summed E-state index contributed by atoms with van der Waals surface area (Å²) in [5.74, 6) is 0. The van der Waals surface area contributed by atoms with E-state index in [4.69, 9.17) is 9.98 Å². The van der Waals surface area contributed by atoms with Crippen LogP contribution in [0.2, 0.25) is 0 Å². The van der Waals surface area contributed by atoms with Crippen molar-refractivity contribution >= 4 is 16.7 Å². The van der Waals surface area contributed by atoms with E-state index in [1.807, 2.05) is 97.9 Å². The zero-order valence-electron chi connectivity index (χ0n) is 16.6. The van der Waals surface area contributed by atoms with Crippen LogP contribution in [0, 0.1) is 0 Å². The summed E-state index contributed by atoms with van der Waals surface area (Å²) in [6, 6.07) is 29.3. The Morgan fingerprint density at radius 3 is 2.17 bits per heavy atom. The van der Waals surface area contributed by atoms with Gasteiger partial charge in [0.25, 0.3) is 0 Å². The Morgan fingerprint density at radius 1 is 0.833 bits per heavy atom. The number of fused-ring (bicyclic) bond motifs is 3. The molecule has 1 aliphatic carbocycles. The summed E-state index contributed by atoms with van der Waals surface area (Å²) in [5.41, 5.74) is 4.46. The van der Waals surface area contributed by atoms with Crippen LogP contribution in [0.3, 0.4) is 0 Å². The van der Waals surface area contributed by atoms with Crippen molar-refractivity contribution in [2.45, 2.75) is 13.5 Å². The lowest BCUT2D eigenvalue weighted by Crippen LogP contribution is -2.39. The van der Waals surface area contributed by atoms with E-state index in [0.717, 1.165) is 28.0 Å². The molecule has 5 heteroatoms. The van der Waals surface area contributed by atoms with Gasteiger partial charge in [0.15, 0.2) is 5.49 Å². The van der Waals surface area contributed by atoms with Gasteiger partial charge in [-0.1, -0.05) is 60.7 Å². The van der Waals surface area contributed by atoms with Crippen molar-refractivity contribution in [3.63, 3.8) is 0 Å². The summed E-state index contributed by atoms with van der Waals surface area (Å²) in [7, 11) is 0. The number of benzene rings is 2. The molecule has 0 bridgehead atoms. The second-order valence-electron chi connectivity index (χ2n) is 6.99. The van der Waals surface area contributed by atoms with Crippen LogP contribution in [0.5, 0.6) is 0 Å². The average molecular weight is 392 g/mol. The van der Waals surface area contributed by atoms with Gasteiger partial charge in [-0.3, -0.25) is 4.57 Å². The number of hydrogen-bond donors (Lipinski definition) is 0. The summed E-state index contributed by atoms with van der Waals surface area (Å²) in [5, 5.41) is 0.871. The van der Waals surface area contributed by atoms with Crippen LogP contribution in [0.4, 0.5) is 5.69 Å². The highest BCUT2D eigenvalue weighted by atomic mass is 16.1. The topological polar surface area (TPSA) is 52.2 Å². The lowest BCUT2D eigenvalue weighted by molar-refractivity contribution is 0.682. The lowest BCUT2D eigenvalue weighted by atomic mass is 10.1. The van der Waals surface area contributed by atoms with Gasteiger partial charge in [-0.05, 0) is 37.3 Å². The van der Waals surface area contributed by atoms with E-state index in [1.54, 1.807) is 9.13 Å². The minimum absolute atomic E-state index is 0.155. The van der Waals surface area contributed by atoms with E-state index in [1.165, 1.54) is 0 Å². The molecule has 0 unspecified atom stereocenters. The highest BCUT2D eigenvalue weighted by Crippen LogP contribution is 2.27. The summed E-state index contributed by atoms with van der Waals surface area (Å²) >= 11 is 0. The first-order valence-corrected chi connectivity index (χ1v) is 9.97. The molecule has 30 heavy (non-hydrogen) atoms. The van der Waals surface area contributed by atoms with Gasteiger partial charge in [-0.15, -0.1) is 0 Å². The van der Waals surface area contributed by atoms with Crippen LogP contribution in [-0.4, -0.2) is 14.1 Å². The van der Waals surface area contributed by atoms with Gasteiger partial charge in [-0.25, -0.2) is 19.3 Å². The molecule has 0 N–H and O–H groups in total. The Kier molecular flexibility index (Phi) is 4.48. The molecule has 0 saturated heterocycles. The van der Waals surface area contributed by atoms with E-state index >= 15 is 0 Å². The molecule has 0 radical (unpaired) electrons. The molecule has 3 aromatic rings. The normalized spacial score (nSPS) is 12.0. The number of aryl methyl sites for hydroxylation is 1. The number of para-hydroxylation sites is 2. The summed E-state index contributed by atoms with van der Waals surface area (Å²) in [4.78, 5) is 23.3. The van der Waals surface area contributed by atoms with Crippen molar-refractivity contribution in [2.75, 3.05) is 0 Å². The van der Waals surface area contributed by atoms with Crippen molar-refractivity contribution in [1.82, 2.24) is 14.1 Å². The molecule has 1 aromatic heterocycles. The molecule has 1 aliphatic heterocycles. The van der Waals surface area contributed by atoms with E-state index < -0.39 is 0 Å². The average Bonchev–Trinajstić information content (AvgIpc) is 2.97. The van der Waals surface area contributed by atoms with Gasteiger partial charge in [-0.2, -0.15) is 0 Å². The lowest BCUT2D eigenvalue weighted by Gasteiger charge is -2.12. The van der Waals surface area contributed by atoms with E-state index in [9.17, 15) is 4.79 Å². The zero-order valence-corrected chi connectivity index (χ0v) is 16.6. The second kappa shape index (κ2) is 7.44. The Balaban J connectivity index is 2.05. The van der Waals surface area contributed by atoms with Gasteiger partial charge < -0.3 is 0 Å². The first-order valence-electron chi connectivity index (χ1n) is 9.97. The summed E-state index contributed by atoms with van der Waals surface area (Å²) in [6.07, 6.45) is 0. The molecule has 5 nitrogen and oxygen atoms in total. The highest BCUT2D eigenvalue weighted by molar-refractivity contribution is 5.94. The molecule has 2 heterocycles. The molecular formula is C25H20N4O. The van der Waals surface area contributed by atoms with E-state index in [2.05, 4.69) is 0 Å². The third-order valence-corrected chi connectivity index (χ3v) is 5.17. The van der Waals surface area contributed by atoms with Crippen molar-refractivity contribution in [2.24, 2.45) is 4.99 Å². The number of rotatable bonds is 3. The van der Waals surface area contributed by atoms with Crippen molar-refractivity contribution in [3.8, 4) is 16.9 Å². The van der Waals surface area contributed by atoms with Gasteiger partial charge in [0.2, 0.25) is 0 Å². The Bertz CT molecular complexity index is 1430. The summed E-state index contributed by atoms with van der Waals surface area (Å²) in [6.45, 7) is 2.48. The van der Waals surface area contributed by atoms with Crippen LogP contribution >= 0.6 is 0 Å². The van der Waals surface area contributed by atoms with Crippen LogP contribution in [0.15, 0.2) is 101 Å². The van der Waals surface area contributed by atoms with Crippen molar-refractivity contribution in [1.29, 1.82) is 0 Å². The smallest absolute Gasteiger partial charge is 0.277 e. The van der Waals surface area contributed by atoms with Gasteiger partial charge in [0, 0.05) is 12.1 Å². The number of nitrogens with zero attached hydrogens (tertiary/aromatic N) is 4. The van der Waals surface area contributed by atoms with Crippen LogP contribution in [-0.2, 0) is 6.54 Å². The SMILES string of the molecule is CCn1c(=O)n(-c2ccccc2)c(=Nc2ccccc2)c2c3cccccc-3nc21. The van der Waals surface area contributed by atoms with Crippen molar-refractivity contribution < 1.29 is 0 Å². The molecule has 0 amide bonds. The number of hydrogen-bond acceptors (Lipinski definition) is 3. The highest BCUT2D eigenvalue weighted by Gasteiger charge is 2.20. The largest absolute Gasteiger partial charge is 0.336 e. The summed E-state index contributed by atoms with van der Waals surface area (Å²) < 4.78 is 3.40. The Hall–Kier alpha value is -3.99. The van der Waals surface area contributed by atoms with Gasteiger partial charge >= 0.3 is 5.69 Å². The molecule has 5 rings (SSSR count). The third kappa shape index (κ3) is 2.92. The predicted octanol–water partition coefficient (Wildman–Crippen LogP) is 4.54. The first-order chi connectivity index (χ1) is 14.8. The quantitative estimate of drug-likeness (QED) is 0.452. The van der Waals surface area contributed by atoms with Crippen molar-refractivity contribution in [3.05, 3.63) is 107 Å². The molecule has 0 fully saturated rings. The predicted molar refractivity (Wildman–Crippen MR) is 119 cm³/mol. The van der Waals surface area contributed by atoms with Crippen LogP contribution < -0.4 is 11.2 Å². The molecule has 0 saturated carbocycles. The monoisotopic (exact) mass is 392 g/mol. The maximum absolute atomic E-state index is 13.6.